The highest BCUT2D eigenvalue weighted by molar-refractivity contribution is 5.99. The van der Waals surface area contributed by atoms with E-state index in [0.29, 0.717) is 29.9 Å². The molecule has 1 aromatic carbocycles. The van der Waals surface area contributed by atoms with Crippen LogP contribution >= 0.6 is 12.4 Å². The topological polar surface area (TPSA) is 93.3 Å². The van der Waals surface area contributed by atoms with Crippen molar-refractivity contribution in [3.63, 3.8) is 0 Å². The number of carbonyl (C=O) groups is 1. The maximum absolute atomic E-state index is 12.9. The number of nitro groups is 1. The average Bonchev–Trinajstić information content (AvgIpc) is 2.79. The molecule has 25 heavy (non-hydrogen) atoms. The summed E-state index contributed by atoms with van der Waals surface area (Å²) in [5.74, 6) is -0.0554. The van der Waals surface area contributed by atoms with Crippen LogP contribution in [0.3, 0.4) is 0 Å². The van der Waals surface area contributed by atoms with Crippen molar-refractivity contribution in [2.75, 3.05) is 26.2 Å². The van der Waals surface area contributed by atoms with E-state index in [2.05, 4.69) is 10.4 Å². The van der Waals surface area contributed by atoms with Gasteiger partial charge in [0.25, 0.3) is 11.6 Å². The van der Waals surface area contributed by atoms with Crippen molar-refractivity contribution in [1.29, 1.82) is 0 Å². The van der Waals surface area contributed by atoms with E-state index >= 15 is 0 Å². The number of aromatic nitrogens is 2. The zero-order valence-corrected chi connectivity index (χ0v) is 14.7. The summed E-state index contributed by atoms with van der Waals surface area (Å²) < 4.78 is 1.60. The molecule has 2 heterocycles. The number of nitrogens with one attached hydrogen (secondary N) is 1. The molecule has 1 aliphatic heterocycles. The average molecular weight is 366 g/mol. The first kappa shape index (κ1) is 18.9. The van der Waals surface area contributed by atoms with Crippen molar-refractivity contribution in [3.8, 4) is 11.3 Å². The number of aryl methyl sites for hydroxylation is 1. The van der Waals surface area contributed by atoms with E-state index in [4.69, 9.17) is 0 Å². The van der Waals surface area contributed by atoms with Gasteiger partial charge in [0.15, 0.2) is 0 Å². The largest absolute Gasteiger partial charge is 0.337 e. The number of halogens is 1. The Morgan fingerprint density at radius 3 is 2.64 bits per heavy atom. The van der Waals surface area contributed by atoms with Crippen LogP contribution in [0.2, 0.25) is 0 Å². The van der Waals surface area contributed by atoms with E-state index in [1.807, 2.05) is 4.90 Å². The molecule has 0 radical (unpaired) electrons. The molecule has 3 rings (SSSR count). The first-order valence-electron chi connectivity index (χ1n) is 7.85. The van der Waals surface area contributed by atoms with Crippen LogP contribution in [0.5, 0.6) is 0 Å². The lowest BCUT2D eigenvalue weighted by atomic mass is 10.1. The van der Waals surface area contributed by atoms with E-state index in [-0.39, 0.29) is 24.0 Å². The van der Waals surface area contributed by atoms with Gasteiger partial charge in [-0.2, -0.15) is 5.10 Å². The molecule has 9 heteroatoms. The Labute approximate surface area is 151 Å². The number of hydrogen-bond donors (Lipinski definition) is 1. The van der Waals surface area contributed by atoms with Gasteiger partial charge in [0, 0.05) is 50.6 Å². The molecule has 0 saturated carbocycles. The van der Waals surface area contributed by atoms with Gasteiger partial charge >= 0.3 is 0 Å². The van der Waals surface area contributed by atoms with Gasteiger partial charge in [-0.1, -0.05) is 0 Å². The third-order valence-electron chi connectivity index (χ3n) is 4.04. The van der Waals surface area contributed by atoms with Gasteiger partial charge in [-0.3, -0.25) is 19.6 Å². The van der Waals surface area contributed by atoms with Crippen LogP contribution in [-0.2, 0) is 7.05 Å². The minimum Gasteiger partial charge on any atom is -0.337 e. The molecular formula is C16H20ClN5O3. The zero-order valence-electron chi connectivity index (χ0n) is 13.8. The van der Waals surface area contributed by atoms with Gasteiger partial charge in [-0.25, -0.2) is 0 Å². The van der Waals surface area contributed by atoms with Crippen LogP contribution in [0.15, 0.2) is 30.5 Å². The SMILES string of the molecule is Cl.Cn1cc(C(=O)N2CCCNCC2)c(-c2ccc([N+](=O)[O-])cc2)n1. The van der Waals surface area contributed by atoms with E-state index < -0.39 is 4.92 Å². The standard InChI is InChI=1S/C16H19N5O3.ClH/c1-19-11-14(16(22)20-9-2-7-17-8-10-20)15(18-19)12-3-5-13(6-4-12)21(23)24;/h3-6,11,17H,2,7-10H2,1H3;1H. The third kappa shape index (κ3) is 4.15. The lowest BCUT2D eigenvalue weighted by molar-refractivity contribution is -0.384. The molecule has 1 fully saturated rings. The molecule has 0 bridgehead atoms. The molecule has 2 aromatic rings. The maximum atomic E-state index is 12.9. The molecule has 0 atom stereocenters. The second kappa shape index (κ2) is 8.09. The quantitative estimate of drug-likeness (QED) is 0.661. The van der Waals surface area contributed by atoms with Gasteiger partial charge in [0.2, 0.25) is 0 Å². The Balaban J connectivity index is 0.00000225. The minimum atomic E-state index is -0.446. The molecule has 1 N–H and O–H groups in total. The molecule has 0 unspecified atom stereocenters. The summed E-state index contributed by atoms with van der Waals surface area (Å²) in [7, 11) is 1.76. The van der Waals surface area contributed by atoms with Crippen molar-refractivity contribution < 1.29 is 9.72 Å². The smallest absolute Gasteiger partial charge is 0.269 e. The molecule has 8 nitrogen and oxygen atoms in total. The Hall–Kier alpha value is -2.45. The third-order valence-corrected chi connectivity index (χ3v) is 4.04. The molecule has 1 aromatic heterocycles. The van der Waals surface area contributed by atoms with Gasteiger partial charge in [0.05, 0.1) is 10.5 Å². The summed E-state index contributed by atoms with van der Waals surface area (Å²) in [4.78, 5) is 25.0. The van der Waals surface area contributed by atoms with Crippen molar-refractivity contribution in [2.24, 2.45) is 7.05 Å². The van der Waals surface area contributed by atoms with Crippen LogP contribution in [-0.4, -0.2) is 51.7 Å². The van der Waals surface area contributed by atoms with Crippen LogP contribution in [0.25, 0.3) is 11.3 Å². The molecule has 1 aliphatic rings. The van der Waals surface area contributed by atoms with Crippen molar-refractivity contribution in [3.05, 3.63) is 46.1 Å². The first-order chi connectivity index (χ1) is 11.6. The minimum absolute atomic E-state index is 0. The lowest BCUT2D eigenvalue weighted by Crippen LogP contribution is -2.34. The highest BCUT2D eigenvalue weighted by atomic mass is 35.5. The molecule has 134 valence electrons. The summed E-state index contributed by atoms with van der Waals surface area (Å²) in [6.07, 6.45) is 2.62. The second-order valence-electron chi connectivity index (χ2n) is 5.76. The predicted molar refractivity (Wildman–Crippen MR) is 95.9 cm³/mol. The van der Waals surface area contributed by atoms with E-state index in [1.165, 1.54) is 12.1 Å². The van der Waals surface area contributed by atoms with E-state index in [0.717, 1.165) is 19.5 Å². The number of carbonyl (C=O) groups excluding carboxylic acids is 1. The summed E-state index contributed by atoms with van der Waals surface area (Å²) in [6, 6.07) is 6.10. The van der Waals surface area contributed by atoms with Gasteiger partial charge in [-0.15, -0.1) is 12.4 Å². The summed E-state index contributed by atoms with van der Waals surface area (Å²) in [5, 5.41) is 18.4. The molecular weight excluding hydrogens is 346 g/mol. The monoisotopic (exact) mass is 365 g/mol. The van der Waals surface area contributed by atoms with Crippen molar-refractivity contribution in [1.82, 2.24) is 20.0 Å². The fraction of sp³-hybridized carbons (Fsp3) is 0.375. The normalized spacial score (nSPS) is 14.5. The molecule has 1 saturated heterocycles. The molecule has 0 spiro atoms. The Morgan fingerprint density at radius 2 is 1.96 bits per heavy atom. The Morgan fingerprint density at radius 1 is 1.24 bits per heavy atom. The first-order valence-corrected chi connectivity index (χ1v) is 7.85. The van der Waals surface area contributed by atoms with E-state index in [1.54, 1.807) is 30.1 Å². The van der Waals surface area contributed by atoms with Crippen molar-refractivity contribution >= 4 is 24.0 Å². The Kier molecular flexibility index (Phi) is 6.11. The fourth-order valence-electron chi connectivity index (χ4n) is 2.82. The van der Waals surface area contributed by atoms with Gasteiger partial charge in [0.1, 0.15) is 5.69 Å². The Bertz CT molecular complexity index is 752. The van der Waals surface area contributed by atoms with Crippen LogP contribution in [0.1, 0.15) is 16.8 Å². The number of nitro benzene ring substituents is 1. The summed E-state index contributed by atoms with van der Waals surface area (Å²) >= 11 is 0. The molecule has 0 aliphatic carbocycles. The summed E-state index contributed by atoms with van der Waals surface area (Å²) in [5.41, 5.74) is 1.78. The van der Waals surface area contributed by atoms with Crippen LogP contribution in [0, 0.1) is 10.1 Å². The highest BCUT2D eigenvalue weighted by Gasteiger charge is 2.23. The van der Waals surface area contributed by atoms with E-state index in [9.17, 15) is 14.9 Å². The zero-order chi connectivity index (χ0) is 17.1. The fourth-order valence-corrected chi connectivity index (χ4v) is 2.82. The molecule has 1 amide bonds. The number of non-ortho nitro benzene ring substituents is 1. The highest BCUT2D eigenvalue weighted by Crippen LogP contribution is 2.25. The predicted octanol–water partition coefficient (Wildman–Crippen LogP) is 1.85. The maximum Gasteiger partial charge on any atom is 0.269 e. The van der Waals surface area contributed by atoms with Crippen LogP contribution < -0.4 is 5.32 Å². The van der Waals surface area contributed by atoms with Crippen LogP contribution in [0.4, 0.5) is 5.69 Å². The van der Waals surface area contributed by atoms with Crippen molar-refractivity contribution in [2.45, 2.75) is 6.42 Å². The number of nitrogens with zero attached hydrogens (tertiary/aromatic N) is 4. The van der Waals surface area contributed by atoms with Gasteiger partial charge in [-0.05, 0) is 25.1 Å². The number of benzene rings is 1. The second-order valence-corrected chi connectivity index (χ2v) is 5.76. The number of rotatable bonds is 3. The van der Waals surface area contributed by atoms with Gasteiger partial charge < -0.3 is 10.2 Å². The number of amides is 1. The summed E-state index contributed by atoms with van der Waals surface area (Å²) in [6.45, 7) is 3.05. The lowest BCUT2D eigenvalue weighted by Gasteiger charge is -2.19. The number of hydrogen-bond acceptors (Lipinski definition) is 5.